The zero-order chi connectivity index (χ0) is 27.5. The van der Waals surface area contributed by atoms with Gasteiger partial charge in [0.25, 0.3) is 0 Å². The van der Waals surface area contributed by atoms with Crippen molar-refractivity contribution in [2.24, 2.45) is 12.5 Å². The van der Waals surface area contributed by atoms with Gasteiger partial charge in [-0.05, 0) is 89.2 Å². The summed E-state index contributed by atoms with van der Waals surface area (Å²) in [7, 11) is -1.25. The molecule has 0 radical (unpaired) electrons. The average Bonchev–Trinajstić information content (AvgIpc) is 3.24. The van der Waals surface area contributed by atoms with Crippen LogP contribution >= 0.6 is 0 Å². The number of pyridine rings is 1. The van der Waals surface area contributed by atoms with Gasteiger partial charge in [0.15, 0.2) is 9.84 Å². The van der Waals surface area contributed by atoms with Gasteiger partial charge in [0.1, 0.15) is 11.3 Å². The molecular weight excluding hydrogens is 506 g/mol. The van der Waals surface area contributed by atoms with E-state index in [1.807, 2.05) is 26.1 Å². The van der Waals surface area contributed by atoms with E-state index >= 15 is 0 Å². The van der Waals surface area contributed by atoms with Gasteiger partial charge in [-0.3, -0.25) is 4.98 Å². The zero-order valence-corrected chi connectivity index (χ0v) is 24.3. The minimum Gasteiger partial charge on any atom is -0.370 e. The van der Waals surface area contributed by atoms with Crippen molar-refractivity contribution in [3.63, 3.8) is 0 Å². The standard InChI is InChI=1S/C31H37N5O2S/c1-21(2)35-16-14-31(15-17-35)19-36(20-31)25-10-6-23(7-11-25)27-18-28-29(22(3)32-27)33-30(34(28)4)24-8-12-26(13-9-24)39(5,37)38/h6-13,18,21H,14-17,19-20H2,1-5H3. The number of anilines is 1. The Morgan fingerprint density at radius 3 is 2.10 bits per heavy atom. The SMILES string of the molecule is Cc1nc(-c2ccc(N3CC4(CCN(C(C)C)CC4)C3)cc2)cc2c1nc(-c1ccc(S(C)(=O)=O)cc1)n2C. The molecule has 0 aliphatic carbocycles. The maximum absolute atomic E-state index is 11.9. The van der Waals surface area contributed by atoms with Crippen molar-refractivity contribution >= 4 is 26.6 Å². The number of aromatic nitrogens is 3. The summed E-state index contributed by atoms with van der Waals surface area (Å²) < 4.78 is 25.8. The van der Waals surface area contributed by atoms with Crippen molar-refractivity contribution in [3.05, 3.63) is 60.3 Å². The quantitative estimate of drug-likeness (QED) is 0.339. The third-order valence-corrected chi connectivity index (χ3v) is 9.88. The lowest BCUT2D eigenvalue weighted by atomic mass is 9.71. The third kappa shape index (κ3) is 4.74. The predicted molar refractivity (Wildman–Crippen MR) is 158 cm³/mol. The van der Waals surface area contributed by atoms with Crippen LogP contribution in [-0.4, -0.2) is 66.3 Å². The van der Waals surface area contributed by atoms with Crippen molar-refractivity contribution < 1.29 is 8.42 Å². The number of piperidine rings is 1. The second-order valence-electron chi connectivity index (χ2n) is 11.8. The lowest BCUT2D eigenvalue weighted by molar-refractivity contribution is 0.0601. The summed E-state index contributed by atoms with van der Waals surface area (Å²) in [5, 5.41) is 0. The lowest BCUT2D eigenvalue weighted by Crippen LogP contribution is -2.61. The number of fused-ring (bicyclic) bond motifs is 1. The van der Waals surface area contributed by atoms with E-state index in [1.165, 1.54) is 37.9 Å². The Morgan fingerprint density at radius 1 is 0.897 bits per heavy atom. The fourth-order valence-corrected chi connectivity index (χ4v) is 6.85. The molecular formula is C31H37N5O2S. The van der Waals surface area contributed by atoms with E-state index in [2.05, 4.69) is 58.5 Å². The number of nitrogens with zero attached hydrogens (tertiary/aromatic N) is 5. The van der Waals surface area contributed by atoms with Crippen molar-refractivity contribution in [1.82, 2.24) is 19.4 Å². The number of hydrogen-bond donors (Lipinski definition) is 0. The molecule has 2 aliphatic rings. The van der Waals surface area contributed by atoms with Crippen molar-refractivity contribution in [3.8, 4) is 22.6 Å². The average molecular weight is 544 g/mol. The third-order valence-electron chi connectivity index (χ3n) is 8.75. The first kappa shape index (κ1) is 26.0. The van der Waals surface area contributed by atoms with Crippen LogP contribution in [0, 0.1) is 12.3 Å². The van der Waals surface area contributed by atoms with Gasteiger partial charge in [-0.2, -0.15) is 0 Å². The minimum absolute atomic E-state index is 0.304. The molecule has 2 aromatic heterocycles. The van der Waals surface area contributed by atoms with Gasteiger partial charge >= 0.3 is 0 Å². The zero-order valence-electron chi connectivity index (χ0n) is 23.5. The summed E-state index contributed by atoms with van der Waals surface area (Å²) in [5.41, 5.74) is 7.40. The fourth-order valence-electron chi connectivity index (χ4n) is 6.22. The van der Waals surface area contributed by atoms with Gasteiger partial charge in [-0.15, -0.1) is 0 Å². The van der Waals surface area contributed by atoms with Crippen LogP contribution in [0.25, 0.3) is 33.7 Å². The highest BCUT2D eigenvalue weighted by molar-refractivity contribution is 7.90. The Kier molecular flexibility index (Phi) is 6.31. The molecule has 2 aromatic carbocycles. The summed E-state index contributed by atoms with van der Waals surface area (Å²) >= 11 is 0. The number of aryl methyl sites for hydroxylation is 2. The number of sulfone groups is 1. The number of benzene rings is 2. The molecule has 204 valence electrons. The van der Waals surface area contributed by atoms with E-state index in [0.717, 1.165) is 52.5 Å². The largest absolute Gasteiger partial charge is 0.370 e. The first-order valence-electron chi connectivity index (χ1n) is 13.8. The van der Waals surface area contributed by atoms with Crippen LogP contribution < -0.4 is 4.90 Å². The van der Waals surface area contributed by atoms with E-state index in [0.29, 0.717) is 16.4 Å². The molecule has 2 fully saturated rings. The van der Waals surface area contributed by atoms with E-state index in [-0.39, 0.29) is 0 Å². The molecule has 0 bridgehead atoms. The molecule has 0 unspecified atom stereocenters. The number of imidazole rings is 1. The normalized spacial score (nSPS) is 17.7. The summed E-state index contributed by atoms with van der Waals surface area (Å²) in [6.45, 7) is 11.4. The van der Waals surface area contributed by atoms with Gasteiger partial charge < -0.3 is 14.4 Å². The monoisotopic (exact) mass is 543 g/mol. The Bertz CT molecular complexity index is 1620. The van der Waals surface area contributed by atoms with Crippen LogP contribution in [0.3, 0.4) is 0 Å². The van der Waals surface area contributed by atoms with Gasteiger partial charge in [0, 0.05) is 54.7 Å². The van der Waals surface area contributed by atoms with Gasteiger partial charge in [0.2, 0.25) is 0 Å². The number of likely N-dealkylation sites (tertiary alicyclic amines) is 1. The second kappa shape index (κ2) is 9.45. The molecule has 7 nitrogen and oxygen atoms in total. The number of rotatable bonds is 5. The highest BCUT2D eigenvalue weighted by Crippen LogP contribution is 2.43. The molecule has 2 saturated heterocycles. The summed E-state index contributed by atoms with van der Waals surface area (Å²) in [6.07, 6.45) is 3.83. The second-order valence-corrected chi connectivity index (χ2v) is 13.8. The van der Waals surface area contributed by atoms with Crippen molar-refractivity contribution in [2.45, 2.75) is 44.6 Å². The molecule has 8 heteroatoms. The molecule has 6 rings (SSSR count). The van der Waals surface area contributed by atoms with Gasteiger partial charge in [-0.1, -0.05) is 12.1 Å². The summed E-state index contributed by atoms with van der Waals surface area (Å²) in [6, 6.07) is 18.4. The Balaban J connectivity index is 1.21. The van der Waals surface area contributed by atoms with Crippen molar-refractivity contribution in [1.29, 1.82) is 0 Å². The van der Waals surface area contributed by atoms with Crippen molar-refractivity contribution in [2.75, 3.05) is 37.3 Å². The highest BCUT2D eigenvalue weighted by atomic mass is 32.2. The Hall–Kier alpha value is -3.23. The van der Waals surface area contributed by atoms with E-state index in [4.69, 9.17) is 9.97 Å². The van der Waals surface area contributed by atoms with E-state index < -0.39 is 9.84 Å². The molecule has 4 aromatic rings. The molecule has 4 heterocycles. The molecule has 2 aliphatic heterocycles. The molecule has 0 atom stereocenters. The summed E-state index contributed by atoms with van der Waals surface area (Å²) in [5.74, 6) is 0.786. The maximum Gasteiger partial charge on any atom is 0.175 e. The predicted octanol–water partition coefficient (Wildman–Crippen LogP) is 5.32. The maximum atomic E-state index is 11.9. The Morgan fingerprint density at radius 2 is 1.51 bits per heavy atom. The Labute approximate surface area is 231 Å². The smallest absolute Gasteiger partial charge is 0.175 e. The van der Waals surface area contributed by atoms with Gasteiger partial charge in [-0.25, -0.2) is 13.4 Å². The first-order valence-corrected chi connectivity index (χ1v) is 15.7. The van der Waals surface area contributed by atoms with E-state index in [9.17, 15) is 8.42 Å². The van der Waals surface area contributed by atoms with Crippen LogP contribution in [0.2, 0.25) is 0 Å². The van der Waals surface area contributed by atoms with Crippen LogP contribution in [0.15, 0.2) is 59.5 Å². The molecule has 39 heavy (non-hydrogen) atoms. The van der Waals surface area contributed by atoms with Crippen LogP contribution in [0.1, 0.15) is 32.4 Å². The molecule has 0 N–H and O–H groups in total. The fraction of sp³-hybridized carbons (Fsp3) is 0.419. The van der Waals surface area contributed by atoms with Crippen LogP contribution in [-0.2, 0) is 16.9 Å². The highest BCUT2D eigenvalue weighted by Gasteiger charge is 2.45. The number of hydrogen-bond acceptors (Lipinski definition) is 6. The molecule has 1 spiro atoms. The molecule has 0 amide bonds. The summed E-state index contributed by atoms with van der Waals surface area (Å²) in [4.78, 5) is 15.2. The van der Waals surface area contributed by atoms with Crippen LogP contribution in [0.5, 0.6) is 0 Å². The van der Waals surface area contributed by atoms with Crippen LogP contribution in [0.4, 0.5) is 5.69 Å². The lowest BCUT2D eigenvalue weighted by Gasteiger charge is -2.55. The minimum atomic E-state index is -3.24. The first-order chi connectivity index (χ1) is 18.5. The van der Waals surface area contributed by atoms with E-state index in [1.54, 1.807) is 12.1 Å². The van der Waals surface area contributed by atoms with Gasteiger partial charge in [0.05, 0.1) is 21.8 Å². The molecule has 0 saturated carbocycles. The topological polar surface area (TPSA) is 71.3 Å².